The van der Waals surface area contributed by atoms with Crippen molar-refractivity contribution in [3.8, 4) is 5.88 Å². The molecule has 0 saturated carbocycles. The van der Waals surface area contributed by atoms with Crippen molar-refractivity contribution in [1.82, 2.24) is 15.3 Å². The molecule has 0 unspecified atom stereocenters. The predicted molar refractivity (Wildman–Crippen MR) is 104 cm³/mol. The molecule has 0 bridgehead atoms. The molecule has 8 heteroatoms. The Morgan fingerprint density at radius 3 is 2.52 bits per heavy atom. The molecule has 2 aromatic rings. The summed E-state index contributed by atoms with van der Waals surface area (Å²) in [5.74, 6) is -0.197. The van der Waals surface area contributed by atoms with Crippen LogP contribution in [0.25, 0.3) is 0 Å². The number of Topliss-reactive ketones (excluding diaryl/α,β-unsaturated/α-hetero) is 1. The Morgan fingerprint density at radius 2 is 1.90 bits per heavy atom. The van der Waals surface area contributed by atoms with Gasteiger partial charge in [0, 0.05) is 47.6 Å². The minimum absolute atomic E-state index is 0.0603. The molecule has 6 nitrogen and oxygen atoms in total. The molecule has 0 atom stereocenters. The lowest BCUT2D eigenvalue weighted by atomic mass is 10.0. The van der Waals surface area contributed by atoms with Crippen LogP contribution < -0.4 is 10.1 Å². The van der Waals surface area contributed by atoms with Crippen LogP contribution in [0.4, 0.5) is 8.78 Å². The second-order valence-electron chi connectivity index (χ2n) is 7.14. The van der Waals surface area contributed by atoms with Crippen LogP contribution in [0, 0.1) is 19.8 Å². The maximum atomic E-state index is 12.5. The Labute approximate surface area is 168 Å². The number of nitrogens with one attached hydrogen (secondary N) is 1. The number of carbonyl (C=O) groups is 2. The zero-order valence-corrected chi connectivity index (χ0v) is 17.0. The van der Waals surface area contributed by atoms with Crippen LogP contribution in [0.1, 0.15) is 46.7 Å². The molecular formula is C21H25F2N3O3. The average Bonchev–Trinajstić information content (AvgIpc) is 2.64. The number of carbonyl (C=O) groups excluding carboxylic acids is 2. The van der Waals surface area contributed by atoms with Gasteiger partial charge in [-0.1, -0.05) is 13.8 Å². The van der Waals surface area contributed by atoms with Gasteiger partial charge < -0.3 is 10.1 Å². The van der Waals surface area contributed by atoms with Gasteiger partial charge in [0.05, 0.1) is 0 Å². The number of hydrogen-bond donors (Lipinski definition) is 1. The second-order valence-corrected chi connectivity index (χ2v) is 7.14. The first-order valence-electron chi connectivity index (χ1n) is 9.30. The number of alkyl halides is 2. The van der Waals surface area contributed by atoms with Crippen molar-refractivity contribution in [2.45, 2.75) is 47.1 Å². The third kappa shape index (κ3) is 6.89. The van der Waals surface area contributed by atoms with Crippen LogP contribution >= 0.6 is 0 Å². The van der Waals surface area contributed by atoms with Crippen LogP contribution in [-0.4, -0.2) is 34.7 Å². The van der Waals surface area contributed by atoms with Gasteiger partial charge in [0.1, 0.15) is 5.78 Å². The molecule has 2 aromatic heterocycles. The molecule has 29 heavy (non-hydrogen) atoms. The third-order valence-electron chi connectivity index (χ3n) is 4.15. The molecule has 1 amide bonds. The maximum absolute atomic E-state index is 12.5. The van der Waals surface area contributed by atoms with Crippen molar-refractivity contribution >= 4 is 11.7 Å². The number of pyridine rings is 2. The summed E-state index contributed by atoms with van der Waals surface area (Å²) in [6.07, 6.45) is -0.916. The van der Waals surface area contributed by atoms with Gasteiger partial charge in [-0.25, -0.2) is 13.8 Å². The van der Waals surface area contributed by atoms with Crippen molar-refractivity contribution in [2.75, 3.05) is 6.61 Å². The SMILES string of the molecule is Cc1cc(C(=O)NCc2cnc(OCC(F)F)c(C)c2)cc(CC(=O)C(C)C)n1. The van der Waals surface area contributed by atoms with E-state index in [0.29, 0.717) is 28.1 Å². The van der Waals surface area contributed by atoms with Crippen molar-refractivity contribution in [2.24, 2.45) is 5.92 Å². The first-order chi connectivity index (χ1) is 13.7. The summed E-state index contributed by atoms with van der Waals surface area (Å²) in [6, 6.07) is 5.00. The van der Waals surface area contributed by atoms with Gasteiger partial charge in [0.2, 0.25) is 5.88 Å². The Bertz CT molecular complexity index is 885. The van der Waals surface area contributed by atoms with Crippen molar-refractivity contribution in [1.29, 1.82) is 0 Å². The van der Waals surface area contributed by atoms with Crippen molar-refractivity contribution in [3.63, 3.8) is 0 Å². The summed E-state index contributed by atoms with van der Waals surface area (Å²) in [5, 5.41) is 2.79. The van der Waals surface area contributed by atoms with E-state index in [2.05, 4.69) is 15.3 Å². The number of amides is 1. The Morgan fingerprint density at radius 1 is 1.17 bits per heavy atom. The van der Waals surface area contributed by atoms with E-state index >= 15 is 0 Å². The van der Waals surface area contributed by atoms with Gasteiger partial charge in [0.25, 0.3) is 12.3 Å². The van der Waals surface area contributed by atoms with E-state index in [4.69, 9.17) is 4.74 Å². The summed E-state index contributed by atoms with van der Waals surface area (Å²) in [6.45, 7) is 6.61. The number of rotatable bonds is 9. The number of hydrogen-bond acceptors (Lipinski definition) is 5. The van der Waals surface area contributed by atoms with E-state index in [1.54, 1.807) is 32.0 Å². The van der Waals surface area contributed by atoms with Crippen LogP contribution in [0.15, 0.2) is 24.4 Å². The average molecular weight is 405 g/mol. The molecule has 0 aliphatic carbocycles. The van der Waals surface area contributed by atoms with Crippen molar-refractivity contribution in [3.05, 3.63) is 52.5 Å². The molecule has 0 aliphatic rings. The Kier molecular flexibility index (Phi) is 7.75. The lowest BCUT2D eigenvalue weighted by Crippen LogP contribution is -2.23. The van der Waals surface area contributed by atoms with Gasteiger partial charge in [-0.15, -0.1) is 0 Å². The smallest absolute Gasteiger partial charge is 0.272 e. The number of nitrogens with zero attached hydrogens (tertiary/aromatic N) is 2. The first-order valence-corrected chi connectivity index (χ1v) is 9.30. The summed E-state index contributed by atoms with van der Waals surface area (Å²) < 4.78 is 29.4. The Balaban J connectivity index is 2.02. The number of ether oxygens (including phenoxy) is 1. The summed E-state index contributed by atoms with van der Waals surface area (Å²) in [7, 11) is 0. The standard InChI is InChI=1S/C21H25F2N3O3/c1-12(2)18(27)8-17-7-16(6-14(4)26-17)20(28)24-9-15-5-13(3)21(25-10-15)29-11-19(22)23/h5-7,10,12,19H,8-9,11H2,1-4H3,(H,24,28). The van der Waals surface area contributed by atoms with Crippen LogP contribution in [0.3, 0.4) is 0 Å². The third-order valence-corrected chi connectivity index (χ3v) is 4.15. The molecule has 2 heterocycles. The van der Waals surface area contributed by atoms with Gasteiger partial charge in [0.15, 0.2) is 6.61 Å². The molecule has 0 saturated heterocycles. The predicted octanol–water partition coefficient (Wildman–Crippen LogP) is 3.43. The summed E-state index contributed by atoms with van der Waals surface area (Å²) in [5.41, 5.74) is 2.95. The molecule has 0 aliphatic heterocycles. The zero-order valence-electron chi connectivity index (χ0n) is 17.0. The highest BCUT2D eigenvalue weighted by atomic mass is 19.3. The number of ketones is 1. The van der Waals surface area contributed by atoms with E-state index in [-0.39, 0.29) is 36.5 Å². The van der Waals surface area contributed by atoms with Crippen LogP contribution in [0.2, 0.25) is 0 Å². The molecule has 2 rings (SSSR count). The number of halogens is 2. The number of aryl methyl sites for hydroxylation is 2. The van der Waals surface area contributed by atoms with E-state index in [1.807, 2.05) is 13.8 Å². The fourth-order valence-corrected chi connectivity index (χ4v) is 2.64. The first kappa shape index (κ1) is 22.4. The minimum Gasteiger partial charge on any atom is -0.471 e. The lowest BCUT2D eigenvalue weighted by Gasteiger charge is -2.11. The molecule has 1 N–H and O–H groups in total. The zero-order chi connectivity index (χ0) is 21.6. The van der Waals surface area contributed by atoms with Crippen LogP contribution in [-0.2, 0) is 17.8 Å². The second kappa shape index (κ2) is 10.0. The topological polar surface area (TPSA) is 81.2 Å². The monoisotopic (exact) mass is 405 g/mol. The van der Waals surface area contributed by atoms with Crippen molar-refractivity contribution < 1.29 is 23.1 Å². The van der Waals surface area contributed by atoms with Gasteiger partial charge >= 0.3 is 0 Å². The lowest BCUT2D eigenvalue weighted by molar-refractivity contribution is -0.121. The molecular weight excluding hydrogens is 380 g/mol. The van der Waals surface area contributed by atoms with E-state index in [9.17, 15) is 18.4 Å². The Hall–Kier alpha value is -2.90. The molecule has 156 valence electrons. The normalized spacial score (nSPS) is 11.0. The highest BCUT2D eigenvalue weighted by Crippen LogP contribution is 2.16. The van der Waals surface area contributed by atoms with Gasteiger partial charge in [-0.2, -0.15) is 0 Å². The fourth-order valence-electron chi connectivity index (χ4n) is 2.64. The highest BCUT2D eigenvalue weighted by Gasteiger charge is 2.14. The quantitative estimate of drug-likeness (QED) is 0.691. The molecule has 0 fully saturated rings. The van der Waals surface area contributed by atoms with Gasteiger partial charge in [-0.3, -0.25) is 14.6 Å². The number of aromatic nitrogens is 2. The van der Waals surface area contributed by atoms with Gasteiger partial charge in [-0.05, 0) is 37.6 Å². The van der Waals surface area contributed by atoms with E-state index in [0.717, 1.165) is 0 Å². The van der Waals surface area contributed by atoms with E-state index in [1.165, 1.54) is 6.20 Å². The molecule has 0 spiro atoms. The maximum Gasteiger partial charge on any atom is 0.272 e. The summed E-state index contributed by atoms with van der Waals surface area (Å²) in [4.78, 5) is 32.8. The van der Waals surface area contributed by atoms with Crippen LogP contribution in [0.5, 0.6) is 5.88 Å². The molecule has 0 radical (unpaired) electrons. The molecule has 0 aromatic carbocycles. The summed E-state index contributed by atoms with van der Waals surface area (Å²) >= 11 is 0. The van der Waals surface area contributed by atoms with E-state index < -0.39 is 13.0 Å². The fraction of sp³-hybridized carbons (Fsp3) is 0.429. The largest absolute Gasteiger partial charge is 0.471 e. The minimum atomic E-state index is -2.57. The highest BCUT2D eigenvalue weighted by molar-refractivity contribution is 5.94.